The molecule has 0 aliphatic carbocycles. The first-order valence-electron chi connectivity index (χ1n) is 9.15. The Morgan fingerprint density at radius 3 is 2.75 bits per heavy atom. The molecule has 0 amide bonds. The molecule has 0 atom stereocenters. The predicted molar refractivity (Wildman–Crippen MR) is 114 cm³/mol. The molecule has 0 unspecified atom stereocenters. The Morgan fingerprint density at radius 2 is 1.96 bits per heavy atom. The van der Waals surface area contributed by atoms with Crippen LogP contribution in [0.15, 0.2) is 54.7 Å². The van der Waals surface area contributed by atoms with Crippen LogP contribution in [-0.4, -0.2) is 29.0 Å². The van der Waals surface area contributed by atoms with Crippen molar-refractivity contribution in [1.82, 2.24) is 9.97 Å². The lowest BCUT2D eigenvalue weighted by atomic mass is 10.1. The van der Waals surface area contributed by atoms with E-state index in [1.807, 2.05) is 55.7 Å². The maximum Gasteiger partial charge on any atom is 0.338 e. The van der Waals surface area contributed by atoms with Gasteiger partial charge in [-0.3, -0.25) is 4.98 Å². The summed E-state index contributed by atoms with van der Waals surface area (Å²) in [4.78, 5) is 23.7. The predicted octanol–water partition coefficient (Wildman–Crippen LogP) is 5.05. The van der Waals surface area contributed by atoms with Gasteiger partial charge in [-0.1, -0.05) is 12.1 Å². The number of fused-ring (bicyclic) bond motifs is 2. The van der Waals surface area contributed by atoms with Gasteiger partial charge in [0, 0.05) is 18.5 Å². The van der Waals surface area contributed by atoms with E-state index in [0.29, 0.717) is 11.6 Å². The van der Waals surface area contributed by atoms with E-state index in [2.05, 4.69) is 28.7 Å². The summed E-state index contributed by atoms with van der Waals surface area (Å²) in [5.41, 5.74) is 3.31. The summed E-state index contributed by atoms with van der Waals surface area (Å²) in [6.07, 6.45) is 1.85. The molecule has 2 aromatic heterocycles. The third-order valence-electron chi connectivity index (χ3n) is 4.75. The van der Waals surface area contributed by atoms with Crippen LogP contribution in [0.3, 0.4) is 0 Å². The van der Waals surface area contributed by atoms with E-state index in [1.54, 1.807) is 17.4 Å². The number of aromatic nitrogens is 2. The Kier molecular flexibility index (Phi) is 4.96. The number of nitrogens with zero attached hydrogens (tertiary/aromatic N) is 3. The average Bonchev–Trinajstić information content (AvgIpc) is 3.13. The highest BCUT2D eigenvalue weighted by Gasteiger charge is 2.12. The fourth-order valence-electron chi connectivity index (χ4n) is 2.93. The van der Waals surface area contributed by atoms with Gasteiger partial charge in [0.05, 0.1) is 33.2 Å². The van der Waals surface area contributed by atoms with E-state index >= 15 is 0 Å². The number of carbonyl (C=O) groups is 1. The number of para-hydroxylation sites is 1. The minimum Gasteiger partial charge on any atom is -0.455 e. The number of pyridine rings is 1. The van der Waals surface area contributed by atoms with E-state index in [4.69, 9.17) is 4.74 Å². The van der Waals surface area contributed by atoms with Crippen LogP contribution in [0.4, 0.5) is 5.69 Å². The van der Waals surface area contributed by atoms with Gasteiger partial charge in [0.2, 0.25) is 0 Å². The second-order valence-electron chi connectivity index (χ2n) is 6.96. The Labute approximate surface area is 167 Å². The number of carbonyl (C=O) groups excluding carboxylic acids is 1. The highest BCUT2D eigenvalue weighted by molar-refractivity contribution is 7.18. The Balaban J connectivity index is 1.53. The zero-order chi connectivity index (χ0) is 19.7. The standard InChI is InChI=1S/C22H21N3O2S/c1-14(2)25(3)17-11-16-10-15(8-9-18(16)23-12-17)22(26)27-13-21-24-19-6-4-5-7-20(19)28-21/h4-12,14H,13H2,1-3H3. The molecule has 5 nitrogen and oxygen atoms in total. The van der Waals surface area contributed by atoms with Crippen LogP contribution in [0, 0.1) is 0 Å². The first kappa shape index (κ1) is 18.4. The van der Waals surface area contributed by atoms with Crippen molar-refractivity contribution < 1.29 is 9.53 Å². The third-order valence-corrected chi connectivity index (χ3v) is 5.76. The third kappa shape index (κ3) is 3.68. The van der Waals surface area contributed by atoms with Gasteiger partial charge in [-0.05, 0) is 50.2 Å². The van der Waals surface area contributed by atoms with Crippen molar-refractivity contribution in [2.45, 2.75) is 26.5 Å². The second-order valence-corrected chi connectivity index (χ2v) is 8.07. The smallest absolute Gasteiger partial charge is 0.338 e. The first-order chi connectivity index (χ1) is 13.5. The topological polar surface area (TPSA) is 55.3 Å². The summed E-state index contributed by atoms with van der Waals surface area (Å²) in [6.45, 7) is 4.42. The molecular formula is C22H21N3O2S. The van der Waals surface area contributed by atoms with Crippen LogP contribution in [0.5, 0.6) is 0 Å². The van der Waals surface area contributed by atoms with Gasteiger partial charge in [0.1, 0.15) is 11.6 Å². The van der Waals surface area contributed by atoms with Crippen LogP contribution in [0.25, 0.3) is 21.1 Å². The Hall–Kier alpha value is -2.99. The van der Waals surface area contributed by atoms with Crippen molar-refractivity contribution in [3.63, 3.8) is 0 Å². The van der Waals surface area contributed by atoms with E-state index in [9.17, 15) is 4.79 Å². The van der Waals surface area contributed by atoms with Crippen molar-refractivity contribution in [2.24, 2.45) is 0 Å². The molecule has 0 fully saturated rings. The normalized spacial score (nSPS) is 11.3. The zero-order valence-corrected chi connectivity index (χ0v) is 16.9. The van der Waals surface area contributed by atoms with Crippen molar-refractivity contribution >= 4 is 44.1 Å². The molecule has 28 heavy (non-hydrogen) atoms. The van der Waals surface area contributed by atoms with Gasteiger partial charge in [-0.25, -0.2) is 9.78 Å². The monoisotopic (exact) mass is 391 g/mol. The van der Waals surface area contributed by atoms with Crippen LogP contribution < -0.4 is 4.90 Å². The molecule has 6 heteroatoms. The SMILES string of the molecule is CC(C)N(C)c1cnc2ccc(C(=O)OCc3nc4ccccc4s3)cc2c1. The molecule has 0 saturated heterocycles. The highest BCUT2D eigenvalue weighted by atomic mass is 32.1. The summed E-state index contributed by atoms with van der Waals surface area (Å²) in [5.74, 6) is -0.358. The van der Waals surface area contributed by atoms with Crippen molar-refractivity contribution in [1.29, 1.82) is 0 Å². The van der Waals surface area contributed by atoms with Crippen molar-refractivity contribution in [3.8, 4) is 0 Å². The Bertz CT molecular complexity index is 1120. The second kappa shape index (κ2) is 7.56. The van der Waals surface area contributed by atoms with Gasteiger partial charge in [-0.15, -0.1) is 11.3 Å². The maximum absolute atomic E-state index is 12.5. The number of thiazole rings is 1. The van der Waals surface area contributed by atoms with Crippen molar-refractivity contribution in [2.75, 3.05) is 11.9 Å². The minimum atomic E-state index is -0.358. The number of ether oxygens (including phenoxy) is 1. The summed E-state index contributed by atoms with van der Waals surface area (Å²) in [7, 11) is 2.03. The minimum absolute atomic E-state index is 0.171. The molecule has 4 aromatic rings. The van der Waals surface area contributed by atoms with Gasteiger partial charge < -0.3 is 9.64 Å². The molecule has 0 aliphatic heterocycles. The van der Waals surface area contributed by atoms with Gasteiger partial charge in [-0.2, -0.15) is 0 Å². The fraction of sp³-hybridized carbons (Fsp3) is 0.227. The zero-order valence-electron chi connectivity index (χ0n) is 16.0. The molecule has 0 aliphatic rings. The summed E-state index contributed by atoms with van der Waals surface area (Å²) >= 11 is 1.54. The lowest BCUT2D eigenvalue weighted by Crippen LogP contribution is -2.25. The number of hydrogen-bond donors (Lipinski definition) is 0. The van der Waals surface area contributed by atoms with E-state index < -0.39 is 0 Å². The molecule has 0 N–H and O–H groups in total. The molecule has 0 spiro atoms. The van der Waals surface area contributed by atoms with Crippen molar-refractivity contribution in [3.05, 3.63) is 65.3 Å². The average molecular weight is 391 g/mol. The molecule has 0 saturated carbocycles. The summed E-state index contributed by atoms with van der Waals surface area (Å²) in [6, 6.07) is 15.7. The Morgan fingerprint density at radius 1 is 1.14 bits per heavy atom. The van der Waals surface area contributed by atoms with Gasteiger partial charge in [0.15, 0.2) is 0 Å². The number of esters is 1. The van der Waals surface area contributed by atoms with E-state index in [-0.39, 0.29) is 12.6 Å². The molecule has 2 heterocycles. The maximum atomic E-state index is 12.5. The molecular weight excluding hydrogens is 370 g/mol. The largest absolute Gasteiger partial charge is 0.455 e. The number of hydrogen-bond acceptors (Lipinski definition) is 6. The number of rotatable bonds is 5. The van der Waals surface area contributed by atoms with Gasteiger partial charge in [0.25, 0.3) is 0 Å². The number of benzene rings is 2. The molecule has 142 valence electrons. The lowest BCUT2D eigenvalue weighted by molar-refractivity contribution is 0.0473. The summed E-state index contributed by atoms with van der Waals surface area (Å²) < 4.78 is 6.58. The van der Waals surface area contributed by atoms with Crippen LogP contribution in [0.2, 0.25) is 0 Å². The molecule has 2 aromatic carbocycles. The number of anilines is 1. The lowest BCUT2D eigenvalue weighted by Gasteiger charge is -2.23. The van der Waals surface area contributed by atoms with Crippen LogP contribution >= 0.6 is 11.3 Å². The molecule has 0 bridgehead atoms. The first-order valence-corrected chi connectivity index (χ1v) is 9.97. The van der Waals surface area contributed by atoms with E-state index in [1.165, 1.54) is 0 Å². The van der Waals surface area contributed by atoms with Crippen LogP contribution in [0.1, 0.15) is 29.2 Å². The van der Waals surface area contributed by atoms with E-state index in [0.717, 1.165) is 31.8 Å². The van der Waals surface area contributed by atoms with Crippen LogP contribution in [-0.2, 0) is 11.3 Å². The van der Waals surface area contributed by atoms with Gasteiger partial charge >= 0.3 is 5.97 Å². The summed E-state index contributed by atoms with van der Waals surface area (Å²) in [5, 5.41) is 1.71. The molecule has 0 radical (unpaired) electrons. The highest BCUT2D eigenvalue weighted by Crippen LogP contribution is 2.24. The molecule has 4 rings (SSSR count). The quantitative estimate of drug-likeness (QED) is 0.446. The fourth-order valence-corrected chi connectivity index (χ4v) is 3.81.